The van der Waals surface area contributed by atoms with E-state index in [1.807, 2.05) is 28.8 Å². The van der Waals surface area contributed by atoms with Crippen molar-refractivity contribution in [3.63, 3.8) is 0 Å². The number of para-hydroxylation sites is 2. The molecular formula is C13H17N3O2. The minimum atomic E-state index is -0.359. The molecule has 0 amide bonds. The second-order valence-electron chi connectivity index (χ2n) is 3.98. The zero-order valence-corrected chi connectivity index (χ0v) is 10.6. The molecule has 0 radical (unpaired) electrons. The Morgan fingerprint density at radius 3 is 3.00 bits per heavy atom. The Labute approximate surface area is 106 Å². The van der Waals surface area contributed by atoms with Gasteiger partial charge in [-0.25, -0.2) is 4.98 Å². The smallest absolute Gasteiger partial charge is 0.324 e. The Morgan fingerprint density at radius 1 is 1.50 bits per heavy atom. The van der Waals surface area contributed by atoms with E-state index in [0.29, 0.717) is 13.2 Å². The number of benzene rings is 1. The number of hydrogen-bond donors (Lipinski definition) is 1. The van der Waals surface area contributed by atoms with Crippen molar-refractivity contribution in [1.29, 1.82) is 0 Å². The van der Waals surface area contributed by atoms with Gasteiger partial charge in [-0.05, 0) is 26.1 Å². The lowest BCUT2D eigenvalue weighted by Crippen LogP contribution is -2.39. The number of esters is 1. The van der Waals surface area contributed by atoms with E-state index in [1.165, 1.54) is 0 Å². The van der Waals surface area contributed by atoms with Gasteiger partial charge in [0.1, 0.15) is 6.04 Å². The number of nitrogens with one attached hydrogen (secondary N) is 1. The van der Waals surface area contributed by atoms with Gasteiger partial charge < -0.3 is 14.6 Å². The summed E-state index contributed by atoms with van der Waals surface area (Å²) in [5.41, 5.74) is 1.94. The van der Waals surface area contributed by atoms with Gasteiger partial charge in [0.25, 0.3) is 0 Å². The summed E-state index contributed by atoms with van der Waals surface area (Å²) in [7, 11) is 1.75. The van der Waals surface area contributed by atoms with E-state index in [-0.39, 0.29) is 12.0 Å². The van der Waals surface area contributed by atoms with Gasteiger partial charge in [-0.3, -0.25) is 4.79 Å². The highest BCUT2D eigenvalue weighted by atomic mass is 16.5. The molecule has 0 bridgehead atoms. The average Bonchev–Trinajstić information content (AvgIpc) is 2.79. The Bertz CT molecular complexity index is 536. The molecule has 0 spiro atoms. The van der Waals surface area contributed by atoms with E-state index < -0.39 is 0 Å². The minimum Gasteiger partial charge on any atom is -0.465 e. The van der Waals surface area contributed by atoms with Crippen LogP contribution in [0.4, 0.5) is 0 Å². The molecule has 0 saturated heterocycles. The lowest BCUT2D eigenvalue weighted by Gasteiger charge is -2.15. The minimum absolute atomic E-state index is 0.238. The van der Waals surface area contributed by atoms with Gasteiger partial charge >= 0.3 is 5.97 Å². The molecule has 1 aromatic carbocycles. The van der Waals surface area contributed by atoms with Gasteiger partial charge in [0.2, 0.25) is 0 Å². The molecular weight excluding hydrogens is 230 g/mol. The summed E-state index contributed by atoms with van der Waals surface area (Å²) in [4.78, 5) is 16.0. The van der Waals surface area contributed by atoms with Crippen molar-refractivity contribution in [2.75, 3.05) is 13.7 Å². The fourth-order valence-corrected chi connectivity index (χ4v) is 1.88. The molecule has 0 fully saturated rings. The van der Waals surface area contributed by atoms with Crippen LogP contribution in [0.3, 0.4) is 0 Å². The summed E-state index contributed by atoms with van der Waals surface area (Å²) in [6.07, 6.45) is 1.74. The summed E-state index contributed by atoms with van der Waals surface area (Å²) in [6, 6.07) is 7.48. The molecule has 96 valence electrons. The maximum atomic E-state index is 11.7. The van der Waals surface area contributed by atoms with Crippen LogP contribution < -0.4 is 5.32 Å². The number of likely N-dealkylation sites (N-methyl/N-ethyl adjacent to an activating group) is 1. The van der Waals surface area contributed by atoms with Crippen molar-refractivity contribution in [2.24, 2.45) is 0 Å². The van der Waals surface area contributed by atoms with Gasteiger partial charge in [0.05, 0.1) is 30.5 Å². The van der Waals surface area contributed by atoms with Crippen LogP contribution in [0.25, 0.3) is 11.0 Å². The lowest BCUT2D eigenvalue weighted by molar-refractivity contribution is -0.145. The summed E-state index contributed by atoms with van der Waals surface area (Å²) >= 11 is 0. The van der Waals surface area contributed by atoms with Crippen molar-refractivity contribution >= 4 is 17.0 Å². The van der Waals surface area contributed by atoms with E-state index in [4.69, 9.17) is 4.74 Å². The molecule has 2 aromatic rings. The molecule has 1 atom stereocenters. The molecule has 2 rings (SSSR count). The van der Waals surface area contributed by atoms with Crippen LogP contribution >= 0.6 is 0 Å². The molecule has 0 aliphatic rings. The normalized spacial score (nSPS) is 12.6. The van der Waals surface area contributed by atoms with Crippen molar-refractivity contribution in [3.8, 4) is 0 Å². The Hall–Kier alpha value is -1.88. The number of rotatable bonds is 5. The maximum absolute atomic E-state index is 11.7. The van der Waals surface area contributed by atoms with Crippen LogP contribution in [0.5, 0.6) is 0 Å². The molecule has 0 aliphatic carbocycles. The van der Waals surface area contributed by atoms with Gasteiger partial charge in [0.15, 0.2) is 0 Å². The number of nitrogens with zero attached hydrogens (tertiary/aromatic N) is 2. The third kappa shape index (κ3) is 2.51. The van der Waals surface area contributed by atoms with Crippen LogP contribution in [0, 0.1) is 0 Å². The molecule has 1 heterocycles. The quantitative estimate of drug-likeness (QED) is 0.806. The van der Waals surface area contributed by atoms with E-state index in [9.17, 15) is 4.79 Å². The Kier molecular flexibility index (Phi) is 3.94. The standard InChI is InChI=1S/C13H17N3O2/c1-3-18-13(17)11(14-2)8-16-9-15-10-6-4-5-7-12(10)16/h4-7,9,11,14H,3,8H2,1-2H3. The first-order valence-corrected chi connectivity index (χ1v) is 6.00. The number of fused-ring (bicyclic) bond motifs is 1. The fraction of sp³-hybridized carbons (Fsp3) is 0.385. The molecule has 1 aromatic heterocycles. The zero-order chi connectivity index (χ0) is 13.0. The number of ether oxygens (including phenoxy) is 1. The molecule has 18 heavy (non-hydrogen) atoms. The van der Waals surface area contributed by atoms with Crippen LogP contribution in [0.1, 0.15) is 6.92 Å². The maximum Gasteiger partial charge on any atom is 0.324 e. The van der Waals surface area contributed by atoms with E-state index in [2.05, 4.69) is 10.3 Å². The second kappa shape index (κ2) is 5.64. The Morgan fingerprint density at radius 2 is 2.28 bits per heavy atom. The van der Waals surface area contributed by atoms with E-state index in [0.717, 1.165) is 11.0 Å². The molecule has 5 nitrogen and oxygen atoms in total. The Balaban J connectivity index is 2.19. The van der Waals surface area contributed by atoms with Gasteiger partial charge in [0, 0.05) is 0 Å². The predicted molar refractivity (Wildman–Crippen MR) is 69.2 cm³/mol. The summed E-state index contributed by atoms with van der Waals surface area (Å²) in [6.45, 7) is 2.70. The first kappa shape index (κ1) is 12.6. The van der Waals surface area contributed by atoms with Gasteiger partial charge in [-0.15, -0.1) is 0 Å². The monoisotopic (exact) mass is 247 g/mol. The topological polar surface area (TPSA) is 56.2 Å². The molecule has 5 heteroatoms. The molecule has 0 aliphatic heterocycles. The molecule has 1 unspecified atom stereocenters. The highest BCUT2D eigenvalue weighted by Crippen LogP contribution is 2.12. The number of aromatic nitrogens is 2. The van der Waals surface area contributed by atoms with E-state index in [1.54, 1.807) is 20.3 Å². The predicted octanol–water partition coefficient (Wildman–Crippen LogP) is 1.19. The second-order valence-corrected chi connectivity index (χ2v) is 3.98. The molecule has 1 N–H and O–H groups in total. The highest BCUT2D eigenvalue weighted by molar-refractivity contribution is 5.77. The number of imidazole rings is 1. The van der Waals surface area contributed by atoms with Crippen molar-refractivity contribution in [1.82, 2.24) is 14.9 Å². The SMILES string of the molecule is CCOC(=O)C(Cn1cnc2ccccc21)NC. The first-order valence-electron chi connectivity index (χ1n) is 6.00. The largest absolute Gasteiger partial charge is 0.465 e. The van der Waals surface area contributed by atoms with Crippen LogP contribution in [0.2, 0.25) is 0 Å². The van der Waals surface area contributed by atoms with Crippen molar-refractivity contribution in [2.45, 2.75) is 19.5 Å². The van der Waals surface area contributed by atoms with Crippen LogP contribution in [-0.2, 0) is 16.1 Å². The third-order valence-corrected chi connectivity index (χ3v) is 2.83. The summed E-state index contributed by atoms with van der Waals surface area (Å²) in [5.74, 6) is -0.238. The van der Waals surface area contributed by atoms with Crippen LogP contribution in [0.15, 0.2) is 30.6 Å². The fourth-order valence-electron chi connectivity index (χ4n) is 1.88. The van der Waals surface area contributed by atoms with E-state index >= 15 is 0 Å². The van der Waals surface area contributed by atoms with Gasteiger partial charge in [-0.2, -0.15) is 0 Å². The van der Waals surface area contributed by atoms with Crippen molar-refractivity contribution < 1.29 is 9.53 Å². The van der Waals surface area contributed by atoms with Gasteiger partial charge in [-0.1, -0.05) is 12.1 Å². The summed E-state index contributed by atoms with van der Waals surface area (Å²) in [5, 5.41) is 2.97. The van der Waals surface area contributed by atoms with Crippen LogP contribution in [-0.4, -0.2) is 35.2 Å². The first-order chi connectivity index (χ1) is 8.76. The third-order valence-electron chi connectivity index (χ3n) is 2.83. The zero-order valence-electron chi connectivity index (χ0n) is 10.6. The number of hydrogen-bond acceptors (Lipinski definition) is 4. The number of carbonyl (C=O) groups is 1. The molecule has 0 saturated carbocycles. The summed E-state index contributed by atoms with van der Waals surface area (Å²) < 4.78 is 6.97. The average molecular weight is 247 g/mol. The highest BCUT2D eigenvalue weighted by Gasteiger charge is 2.18. The number of carbonyl (C=O) groups excluding carboxylic acids is 1. The lowest BCUT2D eigenvalue weighted by atomic mass is 10.2. The van der Waals surface area contributed by atoms with Crippen molar-refractivity contribution in [3.05, 3.63) is 30.6 Å².